The lowest BCUT2D eigenvalue weighted by atomic mass is 9.84. The van der Waals surface area contributed by atoms with Gasteiger partial charge in [0.25, 0.3) is 0 Å². The maximum Gasteiger partial charge on any atom is 0.0702 e. The van der Waals surface area contributed by atoms with Crippen molar-refractivity contribution in [2.24, 2.45) is 5.73 Å². The minimum absolute atomic E-state index is 0.0166. The van der Waals surface area contributed by atoms with E-state index >= 15 is 0 Å². The van der Waals surface area contributed by atoms with Crippen molar-refractivity contribution >= 4 is 10.9 Å². The van der Waals surface area contributed by atoms with Gasteiger partial charge in [0.15, 0.2) is 0 Å². The zero-order valence-corrected chi connectivity index (χ0v) is 12.2. The maximum absolute atomic E-state index is 6.51. The average Bonchev–Trinajstić information content (AvgIpc) is 2.44. The fraction of sp³-hybridized carbons (Fsp3) is 0.438. The Balaban J connectivity index is 2.43. The second-order valence-electron chi connectivity index (χ2n) is 5.54. The van der Waals surface area contributed by atoms with Crippen LogP contribution < -0.4 is 5.73 Å². The summed E-state index contributed by atoms with van der Waals surface area (Å²) in [5.41, 5.74) is 8.65. The molecule has 0 saturated carbocycles. The highest BCUT2D eigenvalue weighted by molar-refractivity contribution is 5.79. The van der Waals surface area contributed by atoms with Crippen LogP contribution in [0.1, 0.15) is 31.9 Å². The van der Waals surface area contributed by atoms with Crippen molar-refractivity contribution in [3.05, 3.63) is 42.1 Å². The van der Waals surface area contributed by atoms with Gasteiger partial charge in [-0.05, 0) is 51.2 Å². The van der Waals surface area contributed by atoms with Crippen molar-refractivity contribution < 1.29 is 0 Å². The molecule has 0 fully saturated rings. The van der Waals surface area contributed by atoms with Gasteiger partial charge < -0.3 is 10.6 Å². The summed E-state index contributed by atoms with van der Waals surface area (Å²) in [5.74, 6) is 0. The van der Waals surface area contributed by atoms with Gasteiger partial charge in [0.2, 0.25) is 0 Å². The SMILES string of the molecule is CCC(C)(C(N)c1ccc2ncccc2c1)N(C)C. The Kier molecular flexibility index (Phi) is 3.88. The number of likely N-dealkylation sites (N-methyl/N-ethyl adjacent to an activating group) is 1. The lowest BCUT2D eigenvalue weighted by Gasteiger charge is -2.41. The van der Waals surface area contributed by atoms with E-state index in [9.17, 15) is 0 Å². The molecule has 3 nitrogen and oxygen atoms in total. The van der Waals surface area contributed by atoms with Crippen LogP contribution in [-0.4, -0.2) is 29.5 Å². The van der Waals surface area contributed by atoms with Crippen LogP contribution in [0.15, 0.2) is 36.5 Å². The second-order valence-corrected chi connectivity index (χ2v) is 5.54. The highest BCUT2D eigenvalue weighted by atomic mass is 15.2. The van der Waals surface area contributed by atoms with E-state index in [0.29, 0.717) is 0 Å². The Hall–Kier alpha value is -1.45. The Bertz CT molecular complexity index is 565. The normalized spacial score (nSPS) is 16.5. The first-order chi connectivity index (χ1) is 8.99. The van der Waals surface area contributed by atoms with Crippen LogP contribution in [0.5, 0.6) is 0 Å². The van der Waals surface area contributed by atoms with Crippen LogP contribution in [0.3, 0.4) is 0 Å². The number of nitrogens with zero attached hydrogens (tertiary/aromatic N) is 2. The van der Waals surface area contributed by atoms with Gasteiger partial charge in [0, 0.05) is 23.2 Å². The third-order valence-corrected chi connectivity index (χ3v) is 4.39. The Morgan fingerprint density at radius 2 is 2.05 bits per heavy atom. The van der Waals surface area contributed by atoms with E-state index in [1.54, 1.807) is 0 Å². The average molecular weight is 257 g/mol. The molecular weight excluding hydrogens is 234 g/mol. The van der Waals surface area contributed by atoms with E-state index in [1.165, 1.54) is 5.56 Å². The minimum Gasteiger partial charge on any atom is -0.322 e. The molecule has 0 radical (unpaired) electrons. The summed E-state index contributed by atoms with van der Waals surface area (Å²) in [6.07, 6.45) is 2.82. The third-order valence-electron chi connectivity index (χ3n) is 4.39. The molecule has 102 valence electrons. The quantitative estimate of drug-likeness (QED) is 0.915. The second kappa shape index (κ2) is 5.27. The first-order valence-corrected chi connectivity index (χ1v) is 6.76. The van der Waals surface area contributed by atoms with Gasteiger partial charge in [0.1, 0.15) is 0 Å². The summed E-state index contributed by atoms with van der Waals surface area (Å²) in [4.78, 5) is 6.56. The first-order valence-electron chi connectivity index (χ1n) is 6.76. The molecule has 1 heterocycles. The first kappa shape index (κ1) is 14.0. The summed E-state index contributed by atoms with van der Waals surface area (Å²) in [6.45, 7) is 4.40. The monoisotopic (exact) mass is 257 g/mol. The van der Waals surface area contributed by atoms with Crippen LogP contribution in [0.2, 0.25) is 0 Å². The van der Waals surface area contributed by atoms with Gasteiger partial charge in [-0.25, -0.2) is 0 Å². The standard InChI is InChI=1S/C16H23N3/c1-5-16(2,19(3)4)15(17)13-8-9-14-12(11-13)7-6-10-18-14/h6-11,15H,5,17H2,1-4H3. The molecule has 2 unspecified atom stereocenters. The van der Waals surface area contributed by atoms with Crippen molar-refractivity contribution in [1.29, 1.82) is 0 Å². The Morgan fingerprint density at radius 1 is 1.32 bits per heavy atom. The van der Waals surface area contributed by atoms with Crippen LogP contribution in [-0.2, 0) is 0 Å². The summed E-state index contributed by atoms with van der Waals surface area (Å²) in [6, 6.07) is 10.3. The molecule has 0 saturated heterocycles. The molecule has 19 heavy (non-hydrogen) atoms. The fourth-order valence-electron chi connectivity index (χ4n) is 2.46. The molecule has 2 rings (SSSR count). The summed E-state index contributed by atoms with van der Waals surface area (Å²) < 4.78 is 0. The number of benzene rings is 1. The predicted molar refractivity (Wildman–Crippen MR) is 81.1 cm³/mol. The molecule has 1 aromatic carbocycles. The number of nitrogens with two attached hydrogens (primary N) is 1. The maximum atomic E-state index is 6.51. The number of pyridine rings is 1. The number of hydrogen-bond acceptors (Lipinski definition) is 3. The van der Waals surface area contributed by atoms with E-state index in [4.69, 9.17) is 5.73 Å². The van der Waals surface area contributed by atoms with Crippen LogP contribution in [0.4, 0.5) is 0 Å². The highest BCUT2D eigenvalue weighted by Crippen LogP contribution is 2.31. The fourth-order valence-corrected chi connectivity index (χ4v) is 2.46. The van der Waals surface area contributed by atoms with Crippen molar-refractivity contribution in [3.8, 4) is 0 Å². The van der Waals surface area contributed by atoms with Crippen LogP contribution in [0.25, 0.3) is 10.9 Å². The zero-order chi connectivity index (χ0) is 14.0. The zero-order valence-electron chi connectivity index (χ0n) is 12.2. The van der Waals surface area contributed by atoms with E-state index < -0.39 is 0 Å². The summed E-state index contributed by atoms with van der Waals surface area (Å²) >= 11 is 0. The third kappa shape index (κ3) is 2.48. The summed E-state index contributed by atoms with van der Waals surface area (Å²) in [7, 11) is 4.18. The van der Waals surface area contributed by atoms with Crippen LogP contribution >= 0.6 is 0 Å². The molecule has 1 aromatic heterocycles. The molecule has 2 aromatic rings. The van der Waals surface area contributed by atoms with E-state index in [2.05, 4.69) is 62.1 Å². The van der Waals surface area contributed by atoms with Crippen molar-refractivity contribution in [2.45, 2.75) is 31.8 Å². The van der Waals surface area contributed by atoms with E-state index in [1.807, 2.05) is 12.3 Å². The van der Waals surface area contributed by atoms with Gasteiger partial charge >= 0.3 is 0 Å². The largest absolute Gasteiger partial charge is 0.322 e. The molecular formula is C16H23N3. The number of rotatable bonds is 4. The predicted octanol–water partition coefficient (Wildman–Crippen LogP) is 2.96. The smallest absolute Gasteiger partial charge is 0.0702 e. The van der Waals surface area contributed by atoms with Gasteiger partial charge in [-0.3, -0.25) is 4.98 Å². The minimum atomic E-state index is -0.0457. The molecule has 0 bridgehead atoms. The number of hydrogen-bond donors (Lipinski definition) is 1. The molecule has 2 N–H and O–H groups in total. The lowest BCUT2D eigenvalue weighted by molar-refractivity contribution is 0.132. The molecule has 2 atom stereocenters. The molecule has 0 aliphatic heterocycles. The van der Waals surface area contributed by atoms with Gasteiger partial charge in [-0.1, -0.05) is 19.1 Å². The van der Waals surface area contributed by atoms with E-state index in [-0.39, 0.29) is 11.6 Å². The van der Waals surface area contributed by atoms with Crippen molar-refractivity contribution in [2.75, 3.05) is 14.1 Å². The summed E-state index contributed by atoms with van der Waals surface area (Å²) in [5, 5.41) is 1.15. The molecule has 0 aliphatic rings. The topological polar surface area (TPSA) is 42.1 Å². The Labute approximate surface area is 115 Å². The number of aromatic nitrogens is 1. The highest BCUT2D eigenvalue weighted by Gasteiger charge is 2.33. The lowest BCUT2D eigenvalue weighted by Crippen LogP contribution is -2.49. The molecule has 3 heteroatoms. The molecule has 0 amide bonds. The molecule has 0 aliphatic carbocycles. The van der Waals surface area contributed by atoms with Crippen LogP contribution in [0, 0.1) is 0 Å². The number of fused-ring (bicyclic) bond motifs is 1. The van der Waals surface area contributed by atoms with E-state index in [0.717, 1.165) is 17.3 Å². The van der Waals surface area contributed by atoms with Gasteiger partial charge in [-0.2, -0.15) is 0 Å². The van der Waals surface area contributed by atoms with Gasteiger partial charge in [0.05, 0.1) is 5.52 Å². The molecule has 0 spiro atoms. The van der Waals surface area contributed by atoms with Crippen molar-refractivity contribution in [1.82, 2.24) is 9.88 Å². The van der Waals surface area contributed by atoms with Gasteiger partial charge in [-0.15, -0.1) is 0 Å². The van der Waals surface area contributed by atoms with Crippen molar-refractivity contribution in [3.63, 3.8) is 0 Å². The Morgan fingerprint density at radius 3 is 2.68 bits per heavy atom.